The number of ether oxygens (including phenoxy) is 3. The fourth-order valence-electron chi connectivity index (χ4n) is 6.26. The van der Waals surface area contributed by atoms with Crippen LogP contribution >= 0.6 is 0 Å². The van der Waals surface area contributed by atoms with Crippen molar-refractivity contribution in [3.63, 3.8) is 0 Å². The van der Waals surface area contributed by atoms with Gasteiger partial charge in [-0.2, -0.15) is 0 Å². The number of carboxylic acids is 1. The average molecular weight is 597 g/mol. The predicted octanol–water partition coefficient (Wildman–Crippen LogP) is 4.29. The van der Waals surface area contributed by atoms with Crippen molar-refractivity contribution in [1.82, 2.24) is 9.80 Å². The van der Waals surface area contributed by atoms with Crippen LogP contribution in [0, 0.1) is 5.92 Å². The first kappa shape index (κ1) is 32.6. The van der Waals surface area contributed by atoms with E-state index >= 15 is 0 Å². The van der Waals surface area contributed by atoms with Gasteiger partial charge >= 0.3 is 5.97 Å². The lowest BCUT2D eigenvalue weighted by molar-refractivity contribution is -0.870. The number of amides is 1. The number of likely N-dealkylation sites (tertiary alicyclic amines) is 1. The van der Waals surface area contributed by atoms with Crippen LogP contribution in [0.15, 0.2) is 42.5 Å². The number of carboxylic acid groups (broad SMARTS) is 1. The summed E-state index contributed by atoms with van der Waals surface area (Å²) in [6, 6.07) is 12.9. The summed E-state index contributed by atoms with van der Waals surface area (Å²) in [5.41, 5.74) is 2.08. The molecule has 0 saturated carbocycles. The standard InChI is InChI=1S/C34H49N3O6/c1-6-7-17-35(18-10-11-19-37(2,3)4)32(38)23-36-22-27(25-14-15-29-26(21-25)16-20-42-29)33(34(39)40)28(36)24-43-31-13-9-8-12-30(31)41-5/h8-9,12-15,21,27-28,33H,6-7,10-11,16-20,22-24H2,1-5H3/p+1/t27-,28+,33?/m1/s1. The van der Waals surface area contributed by atoms with E-state index in [0.717, 1.165) is 60.0 Å². The monoisotopic (exact) mass is 596 g/mol. The molecule has 0 aliphatic carbocycles. The molecule has 1 saturated heterocycles. The zero-order valence-corrected chi connectivity index (χ0v) is 26.6. The molecule has 0 spiro atoms. The molecule has 2 aliphatic rings. The normalized spacial score (nSPS) is 20.0. The number of rotatable bonds is 16. The summed E-state index contributed by atoms with van der Waals surface area (Å²) in [6.45, 7) is 6.02. The number of methoxy groups -OCH3 is 1. The van der Waals surface area contributed by atoms with Crippen LogP contribution in [-0.4, -0.2) is 111 Å². The second-order valence-electron chi connectivity index (χ2n) is 12.9. The maximum Gasteiger partial charge on any atom is 0.308 e. The number of quaternary nitrogens is 1. The van der Waals surface area contributed by atoms with Gasteiger partial charge in [-0.15, -0.1) is 0 Å². The molecule has 0 bridgehead atoms. The topological polar surface area (TPSA) is 88.5 Å². The maximum atomic E-state index is 13.8. The van der Waals surface area contributed by atoms with Crippen molar-refractivity contribution in [2.45, 2.75) is 51.0 Å². The summed E-state index contributed by atoms with van der Waals surface area (Å²) in [5, 5.41) is 10.6. The van der Waals surface area contributed by atoms with Crippen molar-refractivity contribution < 1.29 is 33.4 Å². The van der Waals surface area contributed by atoms with E-state index in [1.807, 2.05) is 46.2 Å². The van der Waals surface area contributed by atoms with Gasteiger partial charge in [0, 0.05) is 32.0 Å². The summed E-state index contributed by atoms with van der Waals surface area (Å²) < 4.78 is 18.3. The average Bonchev–Trinajstić information content (AvgIpc) is 3.59. The van der Waals surface area contributed by atoms with E-state index in [1.54, 1.807) is 7.11 Å². The second kappa shape index (κ2) is 14.9. The number of benzene rings is 2. The highest BCUT2D eigenvalue weighted by Crippen LogP contribution is 2.40. The SMILES string of the molecule is CCCCN(CCCC[N+](C)(C)C)C(=O)CN1C[C@H](c2ccc3c(c2)CCO3)C(C(=O)O)[C@@H]1COc1ccccc1OC. The van der Waals surface area contributed by atoms with E-state index in [0.29, 0.717) is 37.7 Å². The Morgan fingerprint density at radius 3 is 2.51 bits per heavy atom. The summed E-state index contributed by atoms with van der Waals surface area (Å²) in [7, 11) is 8.14. The van der Waals surface area contributed by atoms with Crippen molar-refractivity contribution in [1.29, 1.82) is 0 Å². The molecule has 0 radical (unpaired) electrons. The minimum Gasteiger partial charge on any atom is -0.493 e. The van der Waals surface area contributed by atoms with E-state index in [4.69, 9.17) is 14.2 Å². The van der Waals surface area contributed by atoms with Crippen molar-refractivity contribution >= 4 is 11.9 Å². The number of fused-ring (bicyclic) bond motifs is 1. The van der Waals surface area contributed by atoms with Crippen LogP contribution in [0.5, 0.6) is 17.2 Å². The number of carbonyl (C=O) groups excluding carboxylic acids is 1. The zero-order valence-electron chi connectivity index (χ0n) is 26.6. The number of nitrogens with zero attached hydrogens (tertiary/aromatic N) is 3. The molecule has 9 nitrogen and oxygen atoms in total. The van der Waals surface area contributed by atoms with Gasteiger partial charge in [0.05, 0.1) is 59.9 Å². The number of para-hydroxylation sites is 2. The molecule has 9 heteroatoms. The molecule has 4 rings (SSSR count). The van der Waals surface area contributed by atoms with Gasteiger partial charge < -0.3 is 28.7 Å². The summed E-state index contributed by atoms with van der Waals surface area (Å²) >= 11 is 0. The minimum atomic E-state index is -0.881. The largest absolute Gasteiger partial charge is 0.493 e. The number of hydrogen-bond acceptors (Lipinski definition) is 6. The molecule has 0 aromatic heterocycles. The smallest absolute Gasteiger partial charge is 0.308 e. The molecule has 1 N–H and O–H groups in total. The van der Waals surface area contributed by atoms with Gasteiger partial charge in [-0.05, 0) is 48.6 Å². The lowest BCUT2D eigenvalue weighted by Gasteiger charge is -2.30. The zero-order chi connectivity index (χ0) is 31.0. The Morgan fingerprint density at radius 1 is 1.07 bits per heavy atom. The van der Waals surface area contributed by atoms with Gasteiger partial charge in [0.15, 0.2) is 11.5 Å². The van der Waals surface area contributed by atoms with E-state index in [1.165, 1.54) is 0 Å². The van der Waals surface area contributed by atoms with E-state index in [-0.39, 0.29) is 25.0 Å². The first-order valence-electron chi connectivity index (χ1n) is 15.7. The van der Waals surface area contributed by atoms with E-state index < -0.39 is 17.9 Å². The Labute approximate surface area is 256 Å². The Hall–Kier alpha value is -3.30. The van der Waals surface area contributed by atoms with Crippen LogP contribution in [0.4, 0.5) is 0 Å². The van der Waals surface area contributed by atoms with Gasteiger partial charge in [-0.25, -0.2) is 0 Å². The molecule has 2 aromatic rings. The third-order valence-electron chi connectivity index (χ3n) is 8.63. The summed E-state index contributed by atoms with van der Waals surface area (Å²) in [4.78, 5) is 30.8. The van der Waals surface area contributed by atoms with Gasteiger partial charge in [0.2, 0.25) is 5.91 Å². The molecule has 3 atom stereocenters. The van der Waals surface area contributed by atoms with E-state index in [9.17, 15) is 14.7 Å². The van der Waals surface area contributed by atoms with Crippen molar-refractivity contribution in [2.24, 2.45) is 5.92 Å². The molecular weight excluding hydrogens is 546 g/mol. The lowest BCUT2D eigenvalue weighted by Crippen LogP contribution is -2.47. The van der Waals surface area contributed by atoms with Crippen LogP contribution in [0.2, 0.25) is 0 Å². The second-order valence-corrected chi connectivity index (χ2v) is 12.9. The first-order chi connectivity index (χ1) is 20.6. The van der Waals surface area contributed by atoms with Crippen LogP contribution in [0.3, 0.4) is 0 Å². The number of unbranched alkanes of at least 4 members (excludes halogenated alkanes) is 2. The Balaban J connectivity index is 1.56. The van der Waals surface area contributed by atoms with Crippen molar-refractivity contribution in [2.75, 3.05) is 74.2 Å². The highest BCUT2D eigenvalue weighted by atomic mass is 16.5. The van der Waals surface area contributed by atoms with Gasteiger partial charge in [0.25, 0.3) is 0 Å². The molecule has 2 heterocycles. The van der Waals surface area contributed by atoms with Crippen LogP contribution in [0.25, 0.3) is 0 Å². The molecule has 43 heavy (non-hydrogen) atoms. The number of carbonyl (C=O) groups is 2. The molecule has 2 aliphatic heterocycles. The first-order valence-corrected chi connectivity index (χ1v) is 15.7. The number of aliphatic carboxylic acids is 1. The van der Waals surface area contributed by atoms with Gasteiger partial charge in [-0.1, -0.05) is 37.6 Å². The molecule has 236 valence electrons. The summed E-state index contributed by atoms with van der Waals surface area (Å²) in [6.07, 6.45) is 4.76. The number of hydrogen-bond donors (Lipinski definition) is 1. The van der Waals surface area contributed by atoms with Crippen LogP contribution in [0.1, 0.15) is 49.7 Å². The fraction of sp³-hybridized carbons (Fsp3) is 0.588. The molecule has 1 fully saturated rings. The van der Waals surface area contributed by atoms with Gasteiger partial charge in [-0.3, -0.25) is 14.5 Å². The summed E-state index contributed by atoms with van der Waals surface area (Å²) in [5.74, 6) is 0.160. The third-order valence-corrected chi connectivity index (χ3v) is 8.63. The molecular formula is C34H50N3O6+. The molecule has 2 aromatic carbocycles. The highest BCUT2D eigenvalue weighted by Gasteiger charge is 2.48. The Kier molecular flexibility index (Phi) is 11.3. The fourth-order valence-corrected chi connectivity index (χ4v) is 6.26. The molecule has 1 amide bonds. The third kappa shape index (κ3) is 8.63. The van der Waals surface area contributed by atoms with Crippen LogP contribution in [-0.2, 0) is 16.0 Å². The predicted molar refractivity (Wildman–Crippen MR) is 167 cm³/mol. The van der Waals surface area contributed by atoms with Crippen LogP contribution < -0.4 is 14.2 Å². The molecule has 1 unspecified atom stereocenters. The van der Waals surface area contributed by atoms with E-state index in [2.05, 4.69) is 34.1 Å². The Bertz CT molecular complexity index is 1230. The van der Waals surface area contributed by atoms with Crippen molar-refractivity contribution in [3.05, 3.63) is 53.6 Å². The Morgan fingerprint density at radius 2 is 1.81 bits per heavy atom. The van der Waals surface area contributed by atoms with Gasteiger partial charge in [0.1, 0.15) is 12.4 Å². The maximum absolute atomic E-state index is 13.8. The highest BCUT2D eigenvalue weighted by molar-refractivity contribution is 5.79. The minimum absolute atomic E-state index is 0.0492. The quantitative estimate of drug-likeness (QED) is 0.229. The lowest BCUT2D eigenvalue weighted by atomic mass is 9.84. The van der Waals surface area contributed by atoms with Crippen molar-refractivity contribution in [3.8, 4) is 17.2 Å².